The topological polar surface area (TPSA) is 39.1 Å². The van der Waals surface area contributed by atoms with E-state index in [1.165, 1.54) is 38.5 Å². The molecule has 94 valence electrons. The van der Waals surface area contributed by atoms with E-state index in [-0.39, 0.29) is 0 Å². The molecule has 4 nitrogen and oxygen atoms in total. The Balaban J connectivity index is 1.45. The third-order valence-corrected chi connectivity index (χ3v) is 3.61. The second kappa shape index (κ2) is 5.08. The minimum absolute atomic E-state index is 0.512. The first kappa shape index (κ1) is 11.1. The van der Waals surface area contributed by atoms with Crippen molar-refractivity contribution in [3.63, 3.8) is 0 Å². The maximum Gasteiger partial charge on any atom is 0.203 e. The van der Waals surface area contributed by atoms with Crippen molar-refractivity contribution in [3.8, 4) is 0 Å². The number of nitrogens with zero attached hydrogens (tertiary/aromatic N) is 2. The summed E-state index contributed by atoms with van der Waals surface area (Å²) in [6.07, 6.45) is 12.1. The van der Waals surface area contributed by atoms with Crippen molar-refractivity contribution in [2.24, 2.45) is 0 Å². The van der Waals surface area contributed by atoms with Gasteiger partial charge in [-0.05, 0) is 25.7 Å². The van der Waals surface area contributed by atoms with Gasteiger partial charge in [-0.15, -0.1) is 0 Å². The zero-order chi connectivity index (χ0) is 11.5. The van der Waals surface area contributed by atoms with Crippen LogP contribution in [0.4, 0.5) is 5.95 Å². The molecular formula is C13H21N3O. The van der Waals surface area contributed by atoms with E-state index in [4.69, 9.17) is 4.74 Å². The Hall–Kier alpha value is -1.03. The van der Waals surface area contributed by atoms with E-state index in [0.717, 1.165) is 19.1 Å². The van der Waals surface area contributed by atoms with Gasteiger partial charge in [-0.3, -0.25) is 0 Å². The number of ether oxygens (including phenoxy) is 1. The number of aromatic nitrogens is 2. The highest BCUT2D eigenvalue weighted by Gasteiger charge is 2.22. The molecule has 1 aromatic heterocycles. The van der Waals surface area contributed by atoms with Gasteiger partial charge in [0.25, 0.3) is 0 Å². The third-order valence-electron chi connectivity index (χ3n) is 3.61. The molecule has 4 heteroatoms. The van der Waals surface area contributed by atoms with Gasteiger partial charge in [-0.1, -0.05) is 12.8 Å². The molecule has 0 amide bonds. The zero-order valence-corrected chi connectivity index (χ0v) is 10.3. The molecule has 0 saturated heterocycles. The lowest BCUT2D eigenvalue weighted by Crippen LogP contribution is -2.15. The molecule has 1 heterocycles. The van der Waals surface area contributed by atoms with Crippen LogP contribution in [0.1, 0.15) is 38.5 Å². The van der Waals surface area contributed by atoms with Gasteiger partial charge in [0.15, 0.2) is 0 Å². The Bertz CT molecular complexity index is 353. The van der Waals surface area contributed by atoms with Gasteiger partial charge in [0.05, 0.1) is 12.7 Å². The quantitative estimate of drug-likeness (QED) is 0.823. The molecule has 0 aliphatic heterocycles. The van der Waals surface area contributed by atoms with Crippen LogP contribution < -0.4 is 5.32 Å². The predicted molar refractivity (Wildman–Crippen MR) is 67.1 cm³/mol. The second-order valence-electron chi connectivity index (χ2n) is 5.14. The Kier molecular flexibility index (Phi) is 3.31. The maximum atomic E-state index is 5.88. The van der Waals surface area contributed by atoms with E-state index >= 15 is 0 Å². The van der Waals surface area contributed by atoms with Gasteiger partial charge < -0.3 is 14.6 Å². The molecule has 2 fully saturated rings. The summed E-state index contributed by atoms with van der Waals surface area (Å²) in [6.45, 7) is 1.71. The van der Waals surface area contributed by atoms with Gasteiger partial charge in [0.2, 0.25) is 5.95 Å². The molecule has 1 aromatic rings. The molecule has 0 unspecified atom stereocenters. The fourth-order valence-corrected chi connectivity index (χ4v) is 2.41. The average Bonchev–Trinajstić information content (AvgIpc) is 2.82. The summed E-state index contributed by atoms with van der Waals surface area (Å²) in [7, 11) is 0. The van der Waals surface area contributed by atoms with Crippen LogP contribution in [0, 0.1) is 0 Å². The van der Waals surface area contributed by atoms with Crippen LogP contribution in [-0.2, 0) is 11.3 Å². The zero-order valence-electron chi connectivity index (χ0n) is 10.3. The SMILES string of the molecule is c1cn(CCOC2CCCC2)c(NC2CC2)n1. The van der Waals surface area contributed by atoms with E-state index in [2.05, 4.69) is 14.9 Å². The van der Waals surface area contributed by atoms with E-state index in [9.17, 15) is 0 Å². The van der Waals surface area contributed by atoms with Gasteiger partial charge in [-0.2, -0.15) is 0 Å². The largest absolute Gasteiger partial charge is 0.376 e. The van der Waals surface area contributed by atoms with Crippen molar-refractivity contribution >= 4 is 5.95 Å². The summed E-state index contributed by atoms with van der Waals surface area (Å²) in [6, 6.07) is 0.659. The Labute approximate surface area is 102 Å². The van der Waals surface area contributed by atoms with Gasteiger partial charge in [0, 0.05) is 25.0 Å². The van der Waals surface area contributed by atoms with Gasteiger partial charge in [0.1, 0.15) is 0 Å². The highest BCUT2D eigenvalue weighted by molar-refractivity contribution is 5.29. The van der Waals surface area contributed by atoms with Crippen molar-refractivity contribution in [2.75, 3.05) is 11.9 Å². The fraction of sp³-hybridized carbons (Fsp3) is 0.769. The van der Waals surface area contributed by atoms with Crippen LogP contribution in [0.5, 0.6) is 0 Å². The van der Waals surface area contributed by atoms with Gasteiger partial charge >= 0.3 is 0 Å². The molecule has 2 aliphatic carbocycles. The van der Waals surface area contributed by atoms with Gasteiger partial charge in [-0.25, -0.2) is 4.98 Å². The fourth-order valence-electron chi connectivity index (χ4n) is 2.41. The minimum atomic E-state index is 0.512. The number of imidazole rings is 1. The molecule has 0 aromatic carbocycles. The molecular weight excluding hydrogens is 214 g/mol. The van der Waals surface area contributed by atoms with E-state index in [0.29, 0.717) is 12.1 Å². The van der Waals surface area contributed by atoms with Crippen LogP contribution in [0.25, 0.3) is 0 Å². The number of hydrogen-bond acceptors (Lipinski definition) is 3. The van der Waals surface area contributed by atoms with E-state index < -0.39 is 0 Å². The van der Waals surface area contributed by atoms with Crippen molar-refractivity contribution in [1.82, 2.24) is 9.55 Å². The summed E-state index contributed by atoms with van der Waals surface area (Å²) in [5.41, 5.74) is 0. The summed E-state index contributed by atoms with van der Waals surface area (Å²) in [5, 5.41) is 3.44. The first-order chi connectivity index (χ1) is 8.42. The molecule has 0 bridgehead atoms. The standard InChI is InChI=1S/C13H21N3O/c1-2-4-12(3-1)17-10-9-16-8-7-14-13(16)15-11-5-6-11/h7-8,11-12H,1-6,9-10H2,(H,14,15). The minimum Gasteiger partial charge on any atom is -0.376 e. The normalized spacial score (nSPS) is 20.9. The number of anilines is 1. The van der Waals surface area contributed by atoms with E-state index in [1.54, 1.807) is 0 Å². The summed E-state index contributed by atoms with van der Waals surface area (Å²) < 4.78 is 8.04. The van der Waals surface area contributed by atoms with Crippen molar-refractivity contribution in [3.05, 3.63) is 12.4 Å². The third kappa shape index (κ3) is 3.00. The van der Waals surface area contributed by atoms with Crippen LogP contribution in [0.2, 0.25) is 0 Å². The lowest BCUT2D eigenvalue weighted by Gasteiger charge is -2.13. The lowest BCUT2D eigenvalue weighted by atomic mass is 10.3. The molecule has 1 N–H and O–H groups in total. The Morgan fingerprint density at radius 2 is 2.12 bits per heavy atom. The maximum absolute atomic E-state index is 5.88. The Morgan fingerprint density at radius 3 is 2.88 bits per heavy atom. The number of nitrogens with one attached hydrogen (secondary N) is 1. The van der Waals surface area contributed by atoms with Crippen molar-refractivity contribution in [2.45, 2.75) is 57.2 Å². The highest BCUT2D eigenvalue weighted by atomic mass is 16.5. The molecule has 0 radical (unpaired) electrons. The monoisotopic (exact) mass is 235 g/mol. The van der Waals surface area contributed by atoms with E-state index in [1.807, 2.05) is 12.4 Å². The molecule has 17 heavy (non-hydrogen) atoms. The van der Waals surface area contributed by atoms with Crippen LogP contribution in [0.15, 0.2) is 12.4 Å². The molecule has 2 aliphatic rings. The van der Waals surface area contributed by atoms with Crippen molar-refractivity contribution in [1.29, 1.82) is 0 Å². The molecule has 3 rings (SSSR count). The highest BCUT2D eigenvalue weighted by Crippen LogP contribution is 2.24. The van der Waals surface area contributed by atoms with Crippen molar-refractivity contribution < 1.29 is 4.74 Å². The second-order valence-corrected chi connectivity index (χ2v) is 5.14. The lowest BCUT2D eigenvalue weighted by molar-refractivity contribution is 0.0532. The van der Waals surface area contributed by atoms with Crippen LogP contribution in [0.3, 0.4) is 0 Å². The number of rotatable bonds is 6. The first-order valence-corrected chi connectivity index (χ1v) is 6.81. The van der Waals surface area contributed by atoms with Crippen LogP contribution >= 0.6 is 0 Å². The molecule has 0 atom stereocenters. The first-order valence-electron chi connectivity index (χ1n) is 6.81. The Morgan fingerprint density at radius 1 is 1.29 bits per heavy atom. The predicted octanol–water partition coefficient (Wildman–Crippen LogP) is 2.42. The van der Waals surface area contributed by atoms with Crippen LogP contribution in [-0.4, -0.2) is 28.3 Å². The summed E-state index contributed by atoms with van der Waals surface area (Å²) >= 11 is 0. The average molecular weight is 235 g/mol. The molecule has 2 saturated carbocycles. The summed E-state index contributed by atoms with van der Waals surface area (Å²) in [5.74, 6) is 1.00. The summed E-state index contributed by atoms with van der Waals surface area (Å²) in [4.78, 5) is 4.34. The smallest absolute Gasteiger partial charge is 0.203 e. The number of hydrogen-bond donors (Lipinski definition) is 1. The molecule has 0 spiro atoms.